The minimum Gasteiger partial charge on any atom is -0.550 e. The van der Waals surface area contributed by atoms with Crippen molar-refractivity contribution < 1.29 is 28.9 Å². The summed E-state index contributed by atoms with van der Waals surface area (Å²) in [6.07, 6.45) is -0.165. The zero-order valence-electron chi connectivity index (χ0n) is 11.7. The molecule has 1 aromatic carbocycles. The van der Waals surface area contributed by atoms with Crippen molar-refractivity contribution in [1.82, 2.24) is 0 Å². The normalized spacial score (nSPS) is 11.6. The molecule has 0 aromatic heterocycles. The predicted octanol–water partition coefficient (Wildman–Crippen LogP) is 0.176. The van der Waals surface area contributed by atoms with Gasteiger partial charge in [-0.1, -0.05) is 6.07 Å². The third-order valence-corrected chi connectivity index (χ3v) is 2.88. The Morgan fingerprint density at radius 1 is 1.15 bits per heavy atom. The molecule has 1 aromatic rings. The molecule has 0 saturated heterocycles. The van der Waals surface area contributed by atoms with Gasteiger partial charge in [-0.05, 0) is 24.1 Å². The fourth-order valence-electron chi connectivity index (χ4n) is 1.90. The molecule has 0 aliphatic rings. The highest BCUT2D eigenvalue weighted by Crippen LogP contribution is 2.29. The molecule has 0 fully saturated rings. The van der Waals surface area contributed by atoms with E-state index in [1.54, 1.807) is 18.2 Å². The number of rotatable bonds is 7. The van der Waals surface area contributed by atoms with Gasteiger partial charge in [-0.25, -0.2) is 0 Å². The molecule has 0 spiro atoms. The van der Waals surface area contributed by atoms with Gasteiger partial charge in [-0.15, -0.1) is 0 Å². The van der Waals surface area contributed by atoms with Crippen LogP contribution in [0.1, 0.15) is 12.0 Å². The van der Waals surface area contributed by atoms with Crippen molar-refractivity contribution in [2.45, 2.75) is 12.8 Å². The number of aliphatic carboxylic acids is 1. The third kappa shape index (κ3) is 4.15. The van der Waals surface area contributed by atoms with Gasteiger partial charge in [0.05, 0.1) is 27.2 Å². The van der Waals surface area contributed by atoms with Gasteiger partial charge >= 0.3 is 5.97 Å². The largest absolute Gasteiger partial charge is 0.550 e. The Bertz CT molecular complexity index is 483. The van der Waals surface area contributed by atoms with Crippen molar-refractivity contribution >= 4 is 11.9 Å². The van der Waals surface area contributed by atoms with E-state index < -0.39 is 17.9 Å². The molecule has 0 saturated carbocycles. The number of esters is 1. The first-order chi connectivity index (χ1) is 9.51. The molecule has 6 nitrogen and oxygen atoms in total. The first kappa shape index (κ1) is 15.8. The van der Waals surface area contributed by atoms with E-state index in [1.165, 1.54) is 21.3 Å². The standard InChI is InChI=1S/C14H18O6/c1-18-11-5-4-9(7-12(11)19-2)6-10(8-13(15)16)14(17)20-3/h4-5,7,10H,6,8H2,1-3H3,(H,15,16)/p-1. The van der Waals surface area contributed by atoms with Gasteiger partial charge in [0.1, 0.15) is 0 Å². The predicted molar refractivity (Wildman–Crippen MR) is 68.4 cm³/mol. The van der Waals surface area contributed by atoms with Crippen molar-refractivity contribution in [2.75, 3.05) is 21.3 Å². The average Bonchev–Trinajstić information content (AvgIpc) is 2.45. The lowest BCUT2D eigenvalue weighted by atomic mass is 9.96. The molecule has 0 N–H and O–H groups in total. The summed E-state index contributed by atoms with van der Waals surface area (Å²) in [5.74, 6) is -1.58. The van der Waals surface area contributed by atoms with Gasteiger partial charge < -0.3 is 24.1 Å². The summed E-state index contributed by atoms with van der Waals surface area (Å²) in [5, 5.41) is 10.7. The van der Waals surface area contributed by atoms with Crippen LogP contribution in [0.5, 0.6) is 11.5 Å². The van der Waals surface area contributed by atoms with Crippen molar-refractivity contribution in [3.63, 3.8) is 0 Å². The van der Waals surface area contributed by atoms with Gasteiger partial charge in [0.25, 0.3) is 0 Å². The number of hydrogen-bond acceptors (Lipinski definition) is 6. The summed E-state index contributed by atoms with van der Waals surface area (Å²) >= 11 is 0. The van der Waals surface area contributed by atoms with Crippen LogP contribution in [-0.4, -0.2) is 33.3 Å². The molecule has 0 aliphatic carbocycles. The molecule has 20 heavy (non-hydrogen) atoms. The van der Waals surface area contributed by atoms with E-state index in [4.69, 9.17) is 9.47 Å². The number of carbonyl (C=O) groups excluding carboxylic acids is 2. The van der Waals surface area contributed by atoms with Crippen LogP contribution in [0.25, 0.3) is 0 Å². The fraction of sp³-hybridized carbons (Fsp3) is 0.429. The topological polar surface area (TPSA) is 84.9 Å². The monoisotopic (exact) mass is 281 g/mol. The second-order valence-electron chi connectivity index (χ2n) is 4.19. The van der Waals surface area contributed by atoms with E-state index in [2.05, 4.69) is 4.74 Å². The van der Waals surface area contributed by atoms with Crippen LogP contribution in [0, 0.1) is 5.92 Å². The summed E-state index contributed by atoms with van der Waals surface area (Å²) in [6.45, 7) is 0. The van der Waals surface area contributed by atoms with Gasteiger partial charge in [0, 0.05) is 12.4 Å². The van der Waals surface area contributed by atoms with E-state index in [0.29, 0.717) is 11.5 Å². The highest BCUT2D eigenvalue weighted by molar-refractivity contribution is 5.78. The lowest BCUT2D eigenvalue weighted by Gasteiger charge is -2.16. The number of hydrogen-bond donors (Lipinski definition) is 0. The van der Waals surface area contributed by atoms with Crippen LogP contribution in [0.15, 0.2) is 18.2 Å². The Morgan fingerprint density at radius 3 is 2.30 bits per heavy atom. The fourth-order valence-corrected chi connectivity index (χ4v) is 1.90. The summed E-state index contributed by atoms with van der Waals surface area (Å²) in [6, 6.07) is 5.14. The van der Waals surface area contributed by atoms with Crippen molar-refractivity contribution in [3.05, 3.63) is 23.8 Å². The first-order valence-electron chi connectivity index (χ1n) is 6.00. The Balaban J connectivity index is 2.93. The zero-order valence-corrected chi connectivity index (χ0v) is 11.7. The lowest BCUT2D eigenvalue weighted by Crippen LogP contribution is -2.30. The molecule has 1 rings (SSSR count). The number of methoxy groups -OCH3 is 3. The molecule has 0 bridgehead atoms. The quantitative estimate of drug-likeness (QED) is 0.663. The SMILES string of the molecule is COC(=O)C(CC(=O)[O-])Cc1ccc(OC)c(OC)c1. The summed E-state index contributed by atoms with van der Waals surface area (Å²) in [4.78, 5) is 22.2. The maximum atomic E-state index is 11.6. The van der Waals surface area contributed by atoms with Crippen molar-refractivity contribution in [1.29, 1.82) is 0 Å². The molecule has 1 atom stereocenters. The van der Waals surface area contributed by atoms with Gasteiger partial charge in [-0.3, -0.25) is 4.79 Å². The molecule has 0 amide bonds. The molecule has 0 aliphatic heterocycles. The van der Waals surface area contributed by atoms with E-state index in [-0.39, 0.29) is 12.8 Å². The van der Waals surface area contributed by atoms with E-state index in [0.717, 1.165) is 5.56 Å². The van der Waals surface area contributed by atoms with Crippen LogP contribution >= 0.6 is 0 Å². The highest BCUT2D eigenvalue weighted by atomic mass is 16.5. The Labute approximate surface area is 117 Å². The van der Waals surface area contributed by atoms with E-state index >= 15 is 0 Å². The van der Waals surface area contributed by atoms with Crippen molar-refractivity contribution in [3.8, 4) is 11.5 Å². The average molecular weight is 281 g/mol. The number of carboxylic acid groups (broad SMARTS) is 1. The van der Waals surface area contributed by atoms with Gasteiger partial charge in [0.15, 0.2) is 11.5 Å². The van der Waals surface area contributed by atoms with Crippen LogP contribution in [0.2, 0.25) is 0 Å². The minimum atomic E-state index is -1.29. The molecular weight excluding hydrogens is 264 g/mol. The first-order valence-corrected chi connectivity index (χ1v) is 6.00. The smallest absolute Gasteiger partial charge is 0.309 e. The van der Waals surface area contributed by atoms with Gasteiger partial charge in [-0.2, -0.15) is 0 Å². The second kappa shape index (κ2) is 7.37. The Hall–Kier alpha value is -2.24. The van der Waals surface area contributed by atoms with Crippen LogP contribution < -0.4 is 14.6 Å². The van der Waals surface area contributed by atoms with Crippen LogP contribution in [0.3, 0.4) is 0 Å². The summed E-state index contributed by atoms with van der Waals surface area (Å²) in [7, 11) is 4.24. The number of carboxylic acids is 1. The summed E-state index contributed by atoms with van der Waals surface area (Å²) < 4.78 is 14.9. The maximum Gasteiger partial charge on any atom is 0.309 e. The van der Waals surface area contributed by atoms with Crippen molar-refractivity contribution in [2.24, 2.45) is 5.92 Å². The second-order valence-corrected chi connectivity index (χ2v) is 4.19. The van der Waals surface area contributed by atoms with Gasteiger partial charge in [0.2, 0.25) is 0 Å². The molecular formula is C14H17O6-. The zero-order chi connectivity index (χ0) is 15.1. The maximum absolute atomic E-state index is 11.6. The molecule has 1 unspecified atom stereocenters. The van der Waals surface area contributed by atoms with E-state index in [1.807, 2.05) is 0 Å². The third-order valence-electron chi connectivity index (χ3n) is 2.88. The highest BCUT2D eigenvalue weighted by Gasteiger charge is 2.20. The molecule has 0 heterocycles. The van der Waals surface area contributed by atoms with Crippen LogP contribution in [0.4, 0.5) is 0 Å². The van der Waals surface area contributed by atoms with E-state index in [9.17, 15) is 14.7 Å². The Morgan fingerprint density at radius 2 is 1.80 bits per heavy atom. The minimum absolute atomic E-state index is 0.223. The Kier molecular flexibility index (Phi) is 5.83. The molecule has 0 radical (unpaired) electrons. The number of benzene rings is 1. The van der Waals surface area contributed by atoms with Crippen LogP contribution in [-0.2, 0) is 20.7 Å². The lowest BCUT2D eigenvalue weighted by molar-refractivity contribution is -0.306. The number of carbonyl (C=O) groups is 2. The number of ether oxygens (including phenoxy) is 3. The molecule has 6 heteroatoms. The summed E-state index contributed by atoms with van der Waals surface area (Å²) in [5.41, 5.74) is 0.749. The molecule has 110 valence electrons.